The van der Waals surface area contributed by atoms with Crippen LogP contribution in [-0.2, 0) is 12.8 Å². The molecule has 1 amide bonds. The van der Waals surface area contributed by atoms with Gasteiger partial charge in [0.15, 0.2) is 23.0 Å². The third-order valence-electron chi connectivity index (χ3n) is 8.27. The number of ether oxygens (including phenoxy) is 4. The fraction of sp³-hybridized carbons (Fsp3) is 0.353. The molecule has 0 saturated carbocycles. The van der Waals surface area contributed by atoms with Crippen molar-refractivity contribution in [2.75, 3.05) is 57.5 Å². The fourth-order valence-electron chi connectivity index (χ4n) is 6.29. The number of fused-ring (bicyclic) bond motifs is 4. The molecule has 7 rings (SSSR count). The number of rotatable bonds is 1. The Morgan fingerprint density at radius 1 is 0.674 bits per heavy atom. The maximum Gasteiger partial charge on any atom is 0.349 e. The summed E-state index contributed by atoms with van der Waals surface area (Å²) in [6.07, 6.45) is 3.96. The highest BCUT2D eigenvalue weighted by molar-refractivity contribution is 5.98. The van der Waals surface area contributed by atoms with Crippen molar-refractivity contribution in [2.24, 2.45) is 0 Å². The Bertz CT molecular complexity index is 1660. The van der Waals surface area contributed by atoms with Gasteiger partial charge in [0, 0.05) is 29.7 Å². The average molecular weight is 583 g/mol. The van der Waals surface area contributed by atoms with Gasteiger partial charge in [0.25, 0.3) is 5.91 Å². The fourth-order valence-corrected chi connectivity index (χ4v) is 6.29. The number of nitrogens with zero attached hydrogens (tertiary/aromatic N) is 2. The molecule has 0 bridgehead atoms. The quantitative estimate of drug-likeness (QED) is 0.294. The Hall–Kier alpha value is -4.66. The molecule has 3 aliphatic rings. The SMILES string of the molecule is O=C(c1cc2cc3c4c(c2oc1=O)CCCN4CCC3)N1CCOc2ccccc2OCCOc2ccccc2OCC1. The number of carbonyl (C=O) groups excluding carboxylic acids is 1. The molecule has 0 aliphatic carbocycles. The molecule has 1 aromatic heterocycles. The van der Waals surface area contributed by atoms with Crippen LogP contribution in [-0.4, -0.2) is 63.4 Å². The molecular formula is C34H34N2O7. The topological polar surface area (TPSA) is 90.7 Å². The maximum absolute atomic E-state index is 14.0. The van der Waals surface area contributed by atoms with Gasteiger partial charge in [-0.05, 0) is 67.6 Å². The first kappa shape index (κ1) is 27.2. The number of aryl methyl sites for hydroxylation is 2. The summed E-state index contributed by atoms with van der Waals surface area (Å²) >= 11 is 0. The summed E-state index contributed by atoms with van der Waals surface area (Å²) in [6.45, 7) is 3.56. The van der Waals surface area contributed by atoms with Crippen molar-refractivity contribution in [3.63, 3.8) is 0 Å². The van der Waals surface area contributed by atoms with Crippen LogP contribution in [0.25, 0.3) is 11.0 Å². The van der Waals surface area contributed by atoms with Crippen LogP contribution < -0.4 is 29.5 Å². The Morgan fingerprint density at radius 3 is 1.84 bits per heavy atom. The minimum absolute atomic E-state index is 0.00788. The van der Waals surface area contributed by atoms with E-state index in [1.54, 1.807) is 11.0 Å². The zero-order valence-electron chi connectivity index (χ0n) is 24.0. The van der Waals surface area contributed by atoms with Crippen LogP contribution in [0.5, 0.6) is 23.0 Å². The molecule has 4 aromatic rings. The number of para-hydroxylation sites is 4. The van der Waals surface area contributed by atoms with Crippen LogP contribution in [0.4, 0.5) is 5.69 Å². The van der Waals surface area contributed by atoms with Gasteiger partial charge in [-0.3, -0.25) is 4.79 Å². The predicted octanol–water partition coefficient (Wildman–Crippen LogP) is 4.86. The molecule has 0 saturated heterocycles. The van der Waals surface area contributed by atoms with Crippen molar-refractivity contribution in [1.82, 2.24) is 4.90 Å². The average Bonchev–Trinajstić information content (AvgIpc) is 3.04. The second-order valence-corrected chi connectivity index (χ2v) is 11.0. The molecule has 0 unspecified atom stereocenters. The van der Waals surface area contributed by atoms with E-state index >= 15 is 0 Å². The van der Waals surface area contributed by atoms with Crippen LogP contribution in [0, 0.1) is 0 Å². The second kappa shape index (κ2) is 11.9. The number of anilines is 1. The van der Waals surface area contributed by atoms with Crippen LogP contribution in [0.15, 0.2) is 69.9 Å². The monoisotopic (exact) mass is 582 g/mol. The molecule has 0 radical (unpaired) electrons. The van der Waals surface area contributed by atoms with Gasteiger partial charge < -0.3 is 33.2 Å². The Labute approximate surface area is 249 Å². The summed E-state index contributed by atoms with van der Waals surface area (Å²) in [6, 6.07) is 18.6. The van der Waals surface area contributed by atoms with Crippen molar-refractivity contribution in [2.45, 2.75) is 25.7 Å². The summed E-state index contributed by atoms with van der Waals surface area (Å²) in [5, 5.41) is 0.795. The molecule has 3 aromatic carbocycles. The van der Waals surface area contributed by atoms with Crippen LogP contribution in [0.3, 0.4) is 0 Å². The molecule has 9 heteroatoms. The van der Waals surface area contributed by atoms with Gasteiger partial charge in [-0.2, -0.15) is 0 Å². The summed E-state index contributed by atoms with van der Waals surface area (Å²) < 4.78 is 29.9. The van der Waals surface area contributed by atoms with Crippen LogP contribution >= 0.6 is 0 Å². The van der Waals surface area contributed by atoms with Gasteiger partial charge in [0.2, 0.25) is 0 Å². The summed E-state index contributed by atoms with van der Waals surface area (Å²) in [7, 11) is 0. The van der Waals surface area contributed by atoms with Crippen LogP contribution in [0.1, 0.15) is 34.3 Å². The van der Waals surface area contributed by atoms with Crippen molar-refractivity contribution in [3.05, 3.63) is 87.8 Å². The lowest BCUT2D eigenvalue weighted by Crippen LogP contribution is -2.39. The van der Waals surface area contributed by atoms with Crippen molar-refractivity contribution in [3.8, 4) is 23.0 Å². The summed E-state index contributed by atoms with van der Waals surface area (Å²) in [5.74, 6) is 1.89. The minimum Gasteiger partial charge on any atom is -0.488 e. The molecule has 9 nitrogen and oxygen atoms in total. The minimum atomic E-state index is -0.628. The largest absolute Gasteiger partial charge is 0.488 e. The predicted molar refractivity (Wildman–Crippen MR) is 162 cm³/mol. The highest BCUT2D eigenvalue weighted by Gasteiger charge is 2.28. The van der Waals surface area contributed by atoms with E-state index in [4.69, 9.17) is 23.4 Å². The molecule has 4 heterocycles. The van der Waals surface area contributed by atoms with Gasteiger partial charge in [-0.15, -0.1) is 0 Å². The Morgan fingerprint density at radius 2 is 1.23 bits per heavy atom. The smallest absolute Gasteiger partial charge is 0.349 e. The normalized spacial score (nSPS) is 17.0. The molecule has 3 aliphatic heterocycles. The standard InChI is InChI=1S/C34H34N2O7/c37-33(26-22-24-21-23-7-5-13-35-14-6-8-25(31(23)35)32(24)43-34(26)38)36-15-17-39-27-9-1-3-11-29(27)41-19-20-42-30-12-4-2-10-28(30)40-18-16-36/h1-4,9-12,21-22H,5-8,13-20H2. The van der Waals surface area contributed by atoms with Gasteiger partial charge in [-0.1, -0.05) is 24.3 Å². The zero-order valence-corrected chi connectivity index (χ0v) is 24.0. The summed E-state index contributed by atoms with van der Waals surface area (Å²) in [5.41, 5.74) is 3.56. The number of benzene rings is 3. The molecule has 222 valence electrons. The summed E-state index contributed by atoms with van der Waals surface area (Å²) in [4.78, 5) is 31.3. The number of amides is 1. The van der Waals surface area contributed by atoms with Gasteiger partial charge >= 0.3 is 5.63 Å². The third kappa shape index (κ3) is 5.47. The van der Waals surface area contributed by atoms with Gasteiger partial charge in [0.1, 0.15) is 37.6 Å². The maximum atomic E-state index is 14.0. The van der Waals surface area contributed by atoms with E-state index < -0.39 is 11.5 Å². The second-order valence-electron chi connectivity index (χ2n) is 11.0. The highest BCUT2D eigenvalue weighted by Crippen LogP contribution is 2.39. The number of hydrogen-bond acceptors (Lipinski definition) is 8. The third-order valence-corrected chi connectivity index (χ3v) is 8.27. The lowest BCUT2D eigenvalue weighted by molar-refractivity contribution is 0.0697. The zero-order chi connectivity index (χ0) is 29.2. The van der Waals surface area contributed by atoms with E-state index in [0.29, 0.717) is 41.8 Å². The van der Waals surface area contributed by atoms with Crippen molar-refractivity contribution >= 4 is 22.6 Å². The first-order valence-corrected chi connectivity index (χ1v) is 15.0. The van der Waals surface area contributed by atoms with Crippen LogP contribution in [0.2, 0.25) is 0 Å². The Balaban J connectivity index is 1.20. The molecule has 43 heavy (non-hydrogen) atoms. The first-order chi connectivity index (χ1) is 21.2. The van der Waals surface area contributed by atoms with Crippen molar-refractivity contribution in [1.29, 1.82) is 0 Å². The Kier molecular flexibility index (Phi) is 7.53. The van der Waals surface area contributed by atoms with E-state index in [2.05, 4.69) is 11.0 Å². The van der Waals surface area contributed by atoms with E-state index in [0.717, 1.165) is 49.7 Å². The lowest BCUT2D eigenvalue weighted by atomic mass is 9.90. The van der Waals surface area contributed by atoms with E-state index in [-0.39, 0.29) is 31.9 Å². The van der Waals surface area contributed by atoms with Gasteiger partial charge in [-0.25, -0.2) is 4.79 Å². The molecule has 0 N–H and O–H groups in total. The number of hydrogen-bond donors (Lipinski definition) is 0. The molecular weight excluding hydrogens is 548 g/mol. The lowest BCUT2D eigenvalue weighted by Gasteiger charge is -2.37. The first-order valence-electron chi connectivity index (χ1n) is 15.0. The van der Waals surface area contributed by atoms with E-state index in [1.165, 1.54) is 11.3 Å². The molecule has 0 fully saturated rings. The van der Waals surface area contributed by atoms with E-state index in [1.807, 2.05) is 48.5 Å². The molecule has 0 atom stereocenters. The highest BCUT2D eigenvalue weighted by atomic mass is 16.6. The molecule has 0 spiro atoms. The van der Waals surface area contributed by atoms with E-state index in [9.17, 15) is 9.59 Å². The van der Waals surface area contributed by atoms with Gasteiger partial charge in [0.05, 0.1) is 13.1 Å². The number of carbonyl (C=O) groups is 1. The van der Waals surface area contributed by atoms with Crippen molar-refractivity contribution < 1.29 is 28.2 Å².